The number of hydrogen-bond acceptors (Lipinski definition) is 3. The first-order valence-corrected chi connectivity index (χ1v) is 6.43. The van der Waals surface area contributed by atoms with Gasteiger partial charge in [-0.05, 0) is 19.3 Å². The average molecular weight is 212 g/mol. The second kappa shape index (κ2) is 4.81. The van der Waals surface area contributed by atoms with Crippen LogP contribution in [0.25, 0.3) is 0 Å². The third-order valence-corrected chi connectivity index (χ3v) is 4.16. The molecule has 1 aliphatic heterocycles. The van der Waals surface area contributed by atoms with E-state index >= 15 is 0 Å². The molecule has 2 atom stereocenters. The van der Waals surface area contributed by atoms with E-state index in [9.17, 15) is 5.11 Å². The normalized spacial score (nSPS) is 39.2. The van der Waals surface area contributed by atoms with Crippen molar-refractivity contribution < 1.29 is 5.11 Å². The molecule has 2 rings (SSSR count). The Morgan fingerprint density at radius 2 is 2.07 bits per heavy atom. The molecule has 15 heavy (non-hydrogen) atoms. The second-order valence-corrected chi connectivity index (χ2v) is 5.00. The minimum Gasteiger partial charge on any atom is -0.388 e. The van der Waals surface area contributed by atoms with Crippen molar-refractivity contribution in [3.8, 4) is 0 Å². The van der Waals surface area contributed by atoms with Crippen LogP contribution >= 0.6 is 0 Å². The molecular formula is C12H24N2O. The van der Waals surface area contributed by atoms with Gasteiger partial charge < -0.3 is 10.4 Å². The fourth-order valence-corrected chi connectivity index (χ4v) is 3.13. The Balaban J connectivity index is 2.03. The van der Waals surface area contributed by atoms with Crippen LogP contribution in [0.4, 0.5) is 0 Å². The Bertz CT molecular complexity index is 204. The highest BCUT2D eigenvalue weighted by Gasteiger charge is 2.40. The minimum atomic E-state index is -0.407. The van der Waals surface area contributed by atoms with Gasteiger partial charge in [0.05, 0.1) is 5.60 Å². The van der Waals surface area contributed by atoms with Crippen molar-refractivity contribution in [1.82, 2.24) is 10.2 Å². The SMILES string of the molecule is CCC1(O)CCCCC1N1CCNCC1. The van der Waals surface area contributed by atoms with Crippen molar-refractivity contribution in [2.75, 3.05) is 26.2 Å². The van der Waals surface area contributed by atoms with E-state index in [4.69, 9.17) is 0 Å². The van der Waals surface area contributed by atoms with Crippen LogP contribution in [0.2, 0.25) is 0 Å². The zero-order valence-electron chi connectivity index (χ0n) is 9.84. The lowest BCUT2D eigenvalue weighted by atomic mass is 9.77. The molecule has 3 nitrogen and oxygen atoms in total. The van der Waals surface area contributed by atoms with Crippen molar-refractivity contribution in [3.05, 3.63) is 0 Å². The maximum atomic E-state index is 10.6. The van der Waals surface area contributed by atoms with Gasteiger partial charge in [-0.15, -0.1) is 0 Å². The van der Waals surface area contributed by atoms with Gasteiger partial charge in [-0.25, -0.2) is 0 Å². The number of nitrogens with one attached hydrogen (secondary N) is 1. The molecule has 1 saturated heterocycles. The molecule has 0 amide bonds. The Morgan fingerprint density at radius 1 is 1.33 bits per heavy atom. The van der Waals surface area contributed by atoms with E-state index in [1.54, 1.807) is 0 Å². The van der Waals surface area contributed by atoms with Gasteiger partial charge in [-0.1, -0.05) is 19.8 Å². The molecule has 2 unspecified atom stereocenters. The quantitative estimate of drug-likeness (QED) is 0.716. The molecule has 0 bridgehead atoms. The fraction of sp³-hybridized carbons (Fsp3) is 1.00. The van der Waals surface area contributed by atoms with Gasteiger partial charge >= 0.3 is 0 Å². The maximum absolute atomic E-state index is 10.6. The summed E-state index contributed by atoms with van der Waals surface area (Å²) in [6.45, 7) is 6.49. The lowest BCUT2D eigenvalue weighted by molar-refractivity contribution is -0.0788. The number of piperazine rings is 1. The van der Waals surface area contributed by atoms with Crippen LogP contribution in [0.15, 0.2) is 0 Å². The highest BCUT2D eigenvalue weighted by atomic mass is 16.3. The van der Waals surface area contributed by atoms with Crippen LogP contribution in [0.3, 0.4) is 0 Å². The molecular weight excluding hydrogens is 188 g/mol. The van der Waals surface area contributed by atoms with E-state index in [1.165, 1.54) is 19.3 Å². The number of aliphatic hydroxyl groups is 1. The Kier molecular flexibility index (Phi) is 3.65. The van der Waals surface area contributed by atoms with Crippen molar-refractivity contribution in [2.24, 2.45) is 0 Å². The largest absolute Gasteiger partial charge is 0.388 e. The van der Waals surface area contributed by atoms with Gasteiger partial charge in [0, 0.05) is 32.2 Å². The van der Waals surface area contributed by atoms with E-state index in [1.807, 2.05) is 0 Å². The molecule has 2 fully saturated rings. The maximum Gasteiger partial charge on any atom is 0.0799 e. The summed E-state index contributed by atoms with van der Waals surface area (Å²) in [6, 6.07) is 0.415. The molecule has 3 heteroatoms. The number of hydrogen-bond donors (Lipinski definition) is 2. The summed E-state index contributed by atoms with van der Waals surface area (Å²) in [6.07, 6.45) is 5.58. The highest BCUT2D eigenvalue weighted by molar-refractivity contribution is 4.96. The predicted molar refractivity (Wildman–Crippen MR) is 61.9 cm³/mol. The zero-order valence-corrected chi connectivity index (χ0v) is 9.84. The second-order valence-electron chi connectivity index (χ2n) is 5.00. The molecule has 0 aromatic carbocycles. The van der Waals surface area contributed by atoms with Crippen LogP contribution in [-0.2, 0) is 0 Å². The summed E-state index contributed by atoms with van der Waals surface area (Å²) in [5.74, 6) is 0. The van der Waals surface area contributed by atoms with Crippen LogP contribution < -0.4 is 5.32 Å². The highest BCUT2D eigenvalue weighted by Crippen LogP contribution is 2.34. The first-order chi connectivity index (χ1) is 7.26. The Labute approximate surface area is 92.8 Å². The van der Waals surface area contributed by atoms with Crippen molar-refractivity contribution in [3.63, 3.8) is 0 Å². The van der Waals surface area contributed by atoms with Gasteiger partial charge in [0.15, 0.2) is 0 Å². The molecule has 1 heterocycles. The van der Waals surface area contributed by atoms with E-state index < -0.39 is 5.60 Å². The van der Waals surface area contributed by atoms with E-state index in [-0.39, 0.29) is 0 Å². The Hall–Kier alpha value is -0.120. The lowest BCUT2D eigenvalue weighted by Gasteiger charge is -2.47. The summed E-state index contributed by atoms with van der Waals surface area (Å²) in [7, 11) is 0. The summed E-state index contributed by atoms with van der Waals surface area (Å²) in [5.41, 5.74) is -0.407. The number of rotatable bonds is 2. The first kappa shape index (κ1) is 11.4. The molecule has 0 radical (unpaired) electrons. The topological polar surface area (TPSA) is 35.5 Å². The van der Waals surface area contributed by atoms with Gasteiger partial charge in [-0.3, -0.25) is 4.90 Å². The minimum absolute atomic E-state index is 0.407. The molecule has 0 spiro atoms. The summed E-state index contributed by atoms with van der Waals surface area (Å²) in [5, 5.41) is 14.0. The first-order valence-electron chi connectivity index (χ1n) is 6.43. The van der Waals surface area contributed by atoms with Crippen molar-refractivity contribution in [1.29, 1.82) is 0 Å². The van der Waals surface area contributed by atoms with Crippen LogP contribution in [0.1, 0.15) is 39.0 Å². The molecule has 88 valence electrons. The molecule has 1 aliphatic carbocycles. The number of nitrogens with zero attached hydrogens (tertiary/aromatic N) is 1. The van der Waals surface area contributed by atoms with E-state index in [0.29, 0.717) is 6.04 Å². The molecule has 0 aromatic heterocycles. The molecule has 0 aromatic rings. The van der Waals surface area contributed by atoms with Crippen molar-refractivity contribution >= 4 is 0 Å². The average Bonchev–Trinajstić information content (AvgIpc) is 2.31. The summed E-state index contributed by atoms with van der Waals surface area (Å²) in [4.78, 5) is 2.50. The third-order valence-electron chi connectivity index (χ3n) is 4.16. The van der Waals surface area contributed by atoms with E-state index in [2.05, 4.69) is 17.1 Å². The van der Waals surface area contributed by atoms with E-state index in [0.717, 1.165) is 39.0 Å². The smallest absolute Gasteiger partial charge is 0.0799 e. The monoisotopic (exact) mass is 212 g/mol. The van der Waals surface area contributed by atoms with Gasteiger partial charge in [0.25, 0.3) is 0 Å². The van der Waals surface area contributed by atoms with Crippen LogP contribution in [0, 0.1) is 0 Å². The fourth-order valence-electron chi connectivity index (χ4n) is 3.13. The molecule has 2 N–H and O–H groups in total. The van der Waals surface area contributed by atoms with Gasteiger partial charge in [0.2, 0.25) is 0 Å². The molecule has 1 saturated carbocycles. The summed E-state index contributed by atoms with van der Waals surface area (Å²) < 4.78 is 0. The van der Waals surface area contributed by atoms with Gasteiger partial charge in [0.1, 0.15) is 0 Å². The van der Waals surface area contributed by atoms with Gasteiger partial charge in [-0.2, -0.15) is 0 Å². The van der Waals surface area contributed by atoms with Crippen LogP contribution in [0.5, 0.6) is 0 Å². The van der Waals surface area contributed by atoms with Crippen LogP contribution in [-0.4, -0.2) is 47.8 Å². The third kappa shape index (κ3) is 2.35. The zero-order chi connectivity index (χ0) is 10.7. The predicted octanol–water partition coefficient (Wildman–Crippen LogP) is 0.975. The van der Waals surface area contributed by atoms with Crippen molar-refractivity contribution in [2.45, 2.75) is 50.7 Å². The molecule has 2 aliphatic rings. The lowest BCUT2D eigenvalue weighted by Crippen LogP contribution is -2.58. The summed E-state index contributed by atoms with van der Waals surface area (Å²) >= 11 is 0. The standard InChI is InChI=1S/C12H24N2O/c1-2-12(15)6-4-3-5-11(12)14-9-7-13-8-10-14/h11,13,15H,2-10H2,1H3. The Morgan fingerprint density at radius 3 is 2.73 bits per heavy atom.